The number of hydrogen-bond acceptors (Lipinski definition) is 7. The lowest BCUT2D eigenvalue weighted by Crippen LogP contribution is -2.22. The molecule has 30 heavy (non-hydrogen) atoms. The molecule has 2 aromatic heterocycles. The Balaban J connectivity index is 1.59. The van der Waals surface area contributed by atoms with Crippen LogP contribution < -0.4 is 20.1 Å². The fourth-order valence-corrected chi connectivity index (χ4v) is 4.73. The Kier molecular flexibility index (Phi) is 6.29. The quantitative estimate of drug-likeness (QED) is 0.287. The molecule has 0 saturated carbocycles. The van der Waals surface area contributed by atoms with Crippen molar-refractivity contribution in [1.82, 2.24) is 9.97 Å². The second kappa shape index (κ2) is 9.27. The molecular formula is C21H23N5O2S2. The molecule has 0 amide bonds. The number of anilines is 2. The fourth-order valence-electron chi connectivity index (χ4n) is 2.97. The molecule has 9 heteroatoms. The minimum Gasteiger partial charge on any atom is -0.492 e. The predicted octanol–water partition coefficient (Wildman–Crippen LogP) is 5.60. The molecule has 2 heterocycles. The molecule has 0 aliphatic heterocycles. The predicted molar refractivity (Wildman–Crippen MR) is 127 cm³/mol. The number of hydrogen-bond donors (Lipinski definition) is 2. The van der Waals surface area contributed by atoms with Crippen molar-refractivity contribution in [1.29, 1.82) is 0 Å². The molecule has 4 rings (SSSR count). The molecule has 2 N–H and O–H groups in total. The Bertz CT molecular complexity index is 1100. The average Bonchev–Trinajstić information content (AvgIpc) is 3.33. The van der Waals surface area contributed by atoms with Gasteiger partial charge in [-0.15, -0.1) is 0 Å². The van der Waals surface area contributed by atoms with Crippen molar-refractivity contribution < 1.29 is 9.47 Å². The zero-order valence-electron chi connectivity index (χ0n) is 17.1. The molecule has 7 nitrogen and oxygen atoms in total. The van der Waals surface area contributed by atoms with Crippen molar-refractivity contribution in [3.05, 3.63) is 36.4 Å². The minimum absolute atomic E-state index is 0.602. The molecular weight excluding hydrogens is 418 g/mol. The van der Waals surface area contributed by atoms with Gasteiger partial charge in [0.1, 0.15) is 22.5 Å². The first-order valence-electron chi connectivity index (χ1n) is 9.85. The third kappa shape index (κ3) is 4.31. The van der Waals surface area contributed by atoms with Crippen LogP contribution in [0.15, 0.2) is 41.4 Å². The first-order chi connectivity index (χ1) is 14.7. The molecule has 0 radical (unpaired) electrons. The number of rotatable bonds is 7. The SMILES string of the molecule is CCN=C(Nc1nc2c(OCC)cccc2s1)Nc1nc2c(OCC)cccc2s1. The highest BCUT2D eigenvalue weighted by atomic mass is 32.1. The summed E-state index contributed by atoms with van der Waals surface area (Å²) in [4.78, 5) is 13.9. The van der Waals surface area contributed by atoms with E-state index < -0.39 is 0 Å². The van der Waals surface area contributed by atoms with Crippen molar-refractivity contribution in [3.63, 3.8) is 0 Å². The second-order valence-electron chi connectivity index (χ2n) is 6.18. The summed E-state index contributed by atoms with van der Waals surface area (Å²) in [5.74, 6) is 2.18. The monoisotopic (exact) mass is 441 g/mol. The van der Waals surface area contributed by atoms with Crippen molar-refractivity contribution in [2.24, 2.45) is 4.99 Å². The highest BCUT2D eigenvalue weighted by molar-refractivity contribution is 7.23. The lowest BCUT2D eigenvalue weighted by Gasteiger charge is -2.07. The van der Waals surface area contributed by atoms with Gasteiger partial charge in [0.2, 0.25) is 5.96 Å². The molecule has 0 aliphatic carbocycles. The van der Waals surface area contributed by atoms with Gasteiger partial charge in [0, 0.05) is 6.54 Å². The van der Waals surface area contributed by atoms with Gasteiger partial charge >= 0.3 is 0 Å². The van der Waals surface area contributed by atoms with Crippen LogP contribution >= 0.6 is 22.7 Å². The number of aromatic nitrogens is 2. The van der Waals surface area contributed by atoms with Crippen molar-refractivity contribution in [2.45, 2.75) is 20.8 Å². The molecule has 0 saturated heterocycles. The number of guanidine groups is 1. The third-order valence-electron chi connectivity index (χ3n) is 4.13. The number of aliphatic imine (C=N–C) groups is 1. The minimum atomic E-state index is 0.602. The summed E-state index contributed by atoms with van der Waals surface area (Å²) < 4.78 is 13.5. The van der Waals surface area contributed by atoms with E-state index in [9.17, 15) is 0 Å². The molecule has 0 atom stereocenters. The van der Waals surface area contributed by atoms with Crippen LogP contribution in [0.2, 0.25) is 0 Å². The maximum Gasteiger partial charge on any atom is 0.203 e. The zero-order chi connectivity index (χ0) is 20.9. The van der Waals surface area contributed by atoms with E-state index in [1.165, 1.54) is 0 Å². The van der Waals surface area contributed by atoms with E-state index in [0.29, 0.717) is 25.7 Å². The number of benzene rings is 2. The molecule has 0 bridgehead atoms. The van der Waals surface area contributed by atoms with Gasteiger partial charge in [0.05, 0.1) is 22.6 Å². The first-order valence-corrected chi connectivity index (χ1v) is 11.5. The van der Waals surface area contributed by atoms with Crippen molar-refractivity contribution in [2.75, 3.05) is 30.4 Å². The first kappa shape index (κ1) is 20.4. The second-order valence-corrected chi connectivity index (χ2v) is 8.24. The highest BCUT2D eigenvalue weighted by Crippen LogP contribution is 2.34. The van der Waals surface area contributed by atoms with E-state index in [4.69, 9.17) is 19.4 Å². The van der Waals surface area contributed by atoms with Crippen LogP contribution in [0.1, 0.15) is 20.8 Å². The molecule has 0 unspecified atom stereocenters. The standard InChI is InChI=1S/C21H23N5O2S2/c1-4-22-19(25-20-23-17-13(27-5-2)9-7-11-15(17)29-20)26-21-24-18-14(28-6-3)10-8-12-16(18)30-21/h7-12H,4-6H2,1-3H3,(H2,22,23,24,25,26). The summed E-state index contributed by atoms with van der Waals surface area (Å²) in [6.45, 7) is 7.75. The Morgan fingerprint density at radius 3 is 1.77 bits per heavy atom. The number of fused-ring (bicyclic) bond motifs is 2. The van der Waals surface area contributed by atoms with Crippen LogP contribution in [0, 0.1) is 0 Å². The van der Waals surface area contributed by atoms with Gasteiger partial charge in [-0.2, -0.15) is 0 Å². The van der Waals surface area contributed by atoms with Gasteiger partial charge in [-0.3, -0.25) is 4.99 Å². The lowest BCUT2D eigenvalue weighted by molar-refractivity contribution is 0.343. The molecule has 0 aliphatic rings. The normalized spacial score (nSPS) is 10.9. The summed E-state index contributed by atoms with van der Waals surface area (Å²) in [5, 5.41) is 8.08. The number of nitrogens with one attached hydrogen (secondary N) is 2. The van der Waals surface area contributed by atoms with E-state index in [0.717, 1.165) is 42.2 Å². The van der Waals surface area contributed by atoms with Crippen LogP contribution in [-0.2, 0) is 0 Å². The van der Waals surface area contributed by atoms with Crippen LogP contribution in [-0.4, -0.2) is 35.7 Å². The Morgan fingerprint density at radius 2 is 1.33 bits per heavy atom. The zero-order valence-corrected chi connectivity index (χ0v) is 18.7. The van der Waals surface area contributed by atoms with E-state index in [2.05, 4.69) is 15.6 Å². The molecule has 4 aromatic rings. The van der Waals surface area contributed by atoms with Crippen LogP contribution in [0.25, 0.3) is 20.4 Å². The smallest absolute Gasteiger partial charge is 0.203 e. The van der Waals surface area contributed by atoms with Gasteiger partial charge in [-0.05, 0) is 45.0 Å². The number of ether oxygens (including phenoxy) is 2. The van der Waals surface area contributed by atoms with E-state index in [-0.39, 0.29) is 0 Å². The van der Waals surface area contributed by atoms with E-state index in [1.54, 1.807) is 22.7 Å². The maximum atomic E-state index is 5.70. The van der Waals surface area contributed by atoms with Gasteiger partial charge < -0.3 is 20.1 Å². The van der Waals surface area contributed by atoms with E-state index >= 15 is 0 Å². The molecule has 0 spiro atoms. The topological polar surface area (TPSA) is 80.7 Å². The summed E-state index contributed by atoms with van der Waals surface area (Å²) >= 11 is 3.11. The number of para-hydroxylation sites is 2. The summed E-state index contributed by atoms with van der Waals surface area (Å²) in [6, 6.07) is 11.9. The van der Waals surface area contributed by atoms with Crippen LogP contribution in [0.4, 0.5) is 10.3 Å². The average molecular weight is 442 g/mol. The maximum absolute atomic E-state index is 5.70. The Hall–Kier alpha value is -2.91. The Labute approximate surface area is 182 Å². The van der Waals surface area contributed by atoms with Crippen molar-refractivity contribution in [3.8, 4) is 11.5 Å². The molecule has 156 valence electrons. The number of thiazole rings is 2. The van der Waals surface area contributed by atoms with Crippen LogP contribution in [0.5, 0.6) is 11.5 Å². The highest BCUT2D eigenvalue weighted by Gasteiger charge is 2.13. The molecule has 0 fully saturated rings. The summed E-state index contributed by atoms with van der Waals surface area (Å²) in [5.41, 5.74) is 1.70. The van der Waals surface area contributed by atoms with Gasteiger partial charge in [0.25, 0.3) is 0 Å². The largest absolute Gasteiger partial charge is 0.492 e. The van der Waals surface area contributed by atoms with Crippen molar-refractivity contribution >= 4 is 59.3 Å². The van der Waals surface area contributed by atoms with Crippen LogP contribution in [0.3, 0.4) is 0 Å². The number of nitrogens with zero attached hydrogens (tertiary/aromatic N) is 3. The summed E-state index contributed by atoms with van der Waals surface area (Å²) in [7, 11) is 0. The van der Waals surface area contributed by atoms with Gasteiger partial charge in [-0.25, -0.2) is 9.97 Å². The van der Waals surface area contributed by atoms with Gasteiger partial charge in [-0.1, -0.05) is 34.8 Å². The third-order valence-corrected chi connectivity index (χ3v) is 6.00. The van der Waals surface area contributed by atoms with Gasteiger partial charge in [0.15, 0.2) is 10.3 Å². The van der Waals surface area contributed by atoms with E-state index in [1.807, 2.05) is 57.2 Å². The molecule has 2 aromatic carbocycles. The Morgan fingerprint density at radius 1 is 0.833 bits per heavy atom. The lowest BCUT2D eigenvalue weighted by atomic mass is 10.3. The fraction of sp³-hybridized carbons (Fsp3) is 0.286. The summed E-state index contributed by atoms with van der Waals surface area (Å²) in [6.07, 6.45) is 0.